The molecule has 0 aliphatic carbocycles. The smallest absolute Gasteiger partial charge is 0.117 e. The predicted octanol–water partition coefficient (Wildman–Crippen LogP) is 7.27. The fourth-order valence-electron chi connectivity index (χ4n) is 3.52. The van der Waals surface area contributed by atoms with Crippen LogP contribution < -0.4 is 5.73 Å². The van der Waals surface area contributed by atoms with Crippen molar-refractivity contribution >= 4 is 28.5 Å². The maximum Gasteiger partial charge on any atom is 0.117 e. The molecule has 2 N–H and O–H groups in total. The highest BCUT2D eigenvalue weighted by Gasteiger charge is 2.21. The molecule has 2 heterocycles. The molecule has 0 radical (unpaired) electrons. The van der Waals surface area contributed by atoms with Crippen LogP contribution in [0.3, 0.4) is 0 Å². The van der Waals surface area contributed by atoms with E-state index in [-0.39, 0.29) is 0 Å². The molecule has 0 unspecified atom stereocenters. The fraction of sp³-hybridized carbons (Fsp3) is 0.240. The number of nitrogens with two attached hydrogens (primary N) is 1. The van der Waals surface area contributed by atoms with E-state index in [1.807, 2.05) is 30.2 Å². The van der Waals surface area contributed by atoms with Gasteiger partial charge in [0.05, 0.1) is 10.7 Å². The second-order valence-electron chi connectivity index (χ2n) is 7.36. The summed E-state index contributed by atoms with van der Waals surface area (Å²) in [6.45, 7) is 14.3. The largest absolute Gasteiger partial charge is 0.399 e. The molecule has 1 aliphatic rings. The number of rotatable bonds is 7. The van der Waals surface area contributed by atoms with E-state index in [1.54, 1.807) is 11.3 Å². The number of hydrogen-bond donors (Lipinski definition) is 1. The van der Waals surface area contributed by atoms with E-state index in [9.17, 15) is 0 Å². The molecule has 3 nitrogen and oxygen atoms in total. The highest BCUT2D eigenvalue weighted by Crippen LogP contribution is 2.39. The minimum Gasteiger partial charge on any atom is -0.399 e. The molecule has 156 valence electrons. The van der Waals surface area contributed by atoms with Gasteiger partial charge in [-0.15, -0.1) is 11.3 Å². The van der Waals surface area contributed by atoms with Crippen molar-refractivity contribution < 1.29 is 0 Å². The molecule has 0 atom stereocenters. The van der Waals surface area contributed by atoms with Gasteiger partial charge < -0.3 is 10.6 Å². The van der Waals surface area contributed by atoms with Crippen LogP contribution in [0, 0.1) is 13.8 Å². The van der Waals surface area contributed by atoms with Crippen molar-refractivity contribution in [3.05, 3.63) is 93.3 Å². The van der Waals surface area contributed by atoms with E-state index in [4.69, 9.17) is 22.3 Å². The number of aryl methyl sites for hydroxylation is 2. The van der Waals surface area contributed by atoms with Gasteiger partial charge in [0.15, 0.2) is 0 Å². The first-order valence-electron chi connectivity index (χ1n) is 10.1. The standard InChI is InChI=1S/C25H28ClN3S/c1-6-7-10-23(25(26)29-14-13-20(17(3)27)15-16(29)2)21-11-8-9-12-22(21)24-18(4)30-19(5)28-24/h8-9,11-15H,2-3,6-7,10,27H2,1,4-5H3/b25-23+. The SMILES string of the molecule is C=C(N)C1=CC(=C)N(/C(Cl)=C(\CCCC)c2ccccc2-c2nc(C)sc2C)C=C1. The molecule has 1 aliphatic heterocycles. The summed E-state index contributed by atoms with van der Waals surface area (Å²) in [6, 6.07) is 8.38. The van der Waals surface area contributed by atoms with Crippen LogP contribution >= 0.6 is 22.9 Å². The van der Waals surface area contributed by atoms with Crippen molar-refractivity contribution in [2.45, 2.75) is 40.0 Å². The lowest BCUT2D eigenvalue weighted by molar-refractivity contribution is 0.625. The maximum atomic E-state index is 7.02. The van der Waals surface area contributed by atoms with Crippen molar-refractivity contribution in [2.75, 3.05) is 0 Å². The van der Waals surface area contributed by atoms with Crippen molar-refractivity contribution in [1.29, 1.82) is 0 Å². The monoisotopic (exact) mass is 437 g/mol. The molecule has 5 heteroatoms. The maximum absolute atomic E-state index is 7.02. The van der Waals surface area contributed by atoms with Crippen LogP contribution in [0.1, 0.15) is 41.6 Å². The number of nitrogens with zero attached hydrogens (tertiary/aromatic N) is 2. The van der Waals surface area contributed by atoms with E-state index in [0.717, 1.165) is 57.9 Å². The molecule has 3 rings (SSSR count). The minimum atomic E-state index is 0.512. The summed E-state index contributed by atoms with van der Waals surface area (Å²) < 4.78 is 0. The third-order valence-electron chi connectivity index (χ3n) is 5.06. The van der Waals surface area contributed by atoms with Gasteiger partial charge in [-0.3, -0.25) is 0 Å². The lowest BCUT2D eigenvalue weighted by atomic mass is 9.94. The van der Waals surface area contributed by atoms with Crippen LogP contribution in [0.4, 0.5) is 0 Å². The molecule has 1 aromatic carbocycles. The average molecular weight is 438 g/mol. The Bertz CT molecular complexity index is 1070. The Morgan fingerprint density at radius 1 is 1.27 bits per heavy atom. The normalized spacial score (nSPS) is 14.6. The van der Waals surface area contributed by atoms with Crippen LogP contribution in [0.2, 0.25) is 0 Å². The van der Waals surface area contributed by atoms with Gasteiger partial charge in [0.2, 0.25) is 0 Å². The molecule has 30 heavy (non-hydrogen) atoms. The molecule has 0 fully saturated rings. The highest BCUT2D eigenvalue weighted by molar-refractivity contribution is 7.11. The number of aromatic nitrogens is 1. The number of halogens is 1. The van der Waals surface area contributed by atoms with Gasteiger partial charge >= 0.3 is 0 Å². The molecule has 0 spiro atoms. The zero-order valence-corrected chi connectivity index (χ0v) is 19.4. The second kappa shape index (κ2) is 9.50. The van der Waals surface area contributed by atoms with Crippen LogP contribution in [-0.4, -0.2) is 9.88 Å². The number of benzene rings is 1. The summed E-state index contributed by atoms with van der Waals surface area (Å²) in [4.78, 5) is 7.92. The van der Waals surface area contributed by atoms with E-state index < -0.39 is 0 Å². The first-order chi connectivity index (χ1) is 14.3. The third kappa shape index (κ3) is 4.61. The zero-order valence-electron chi connectivity index (χ0n) is 17.8. The molecule has 0 saturated heterocycles. The Hall–Kier alpha value is -2.56. The fourth-order valence-corrected chi connectivity index (χ4v) is 4.71. The van der Waals surface area contributed by atoms with Crippen LogP contribution in [0.25, 0.3) is 16.8 Å². The molecule has 0 bridgehead atoms. The second-order valence-corrected chi connectivity index (χ2v) is 9.12. The highest BCUT2D eigenvalue weighted by atomic mass is 35.5. The molecular formula is C25H28ClN3S. The van der Waals surface area contributed by atoms with Gasteiger partial charge in [-0.25, -0.2) is 4.98 Å². The summed E-state index contributed by atoms with van der Waals surface area (Å²) >= 11 is 8.73. The molecule has 1 aromatic heterocycles. The topological polar surface area (TPSA) is 42.1 Å². The lowest BCUT2D eigenvalue weighted by Gasteiger charge is -2.27. The van der Waals surface area contributed by atoms with Crippen LogP contribution in [0.15, 0.2) is 77.9 Å². The number of unbranched alkanes of at least 4 members (excludes halogenated alkanes) is 1. The van der Waals surface area contributed by atoms with Gasteiger partial charge in [-0.1, -0.05) is 62.4 Å². The summed E-state index contributed by atoms with van der Waals surface area (Å²) in [5.74, 6) is 0. The van der Waals surface area contributed by atoms with Gasteiger partial charge in [-0.2, -0.15) is 0 Å². The third-order valence-corrected chi connectivity index (χ3v) is 6.35. The first kappa shape index (κ1) is 22.1. The molecule has 0 saturated carbocycles. The van der Waals surface area contributed by atoms with Crippen molar-refractivity contribution in [2.24, 2.45) is 5.73 Å². The number of hydrogen-bond acceptors (Lipinski definition) is 4. The Labute approximate surface area is 188 Å². The average Bonchev–Trinajstić information content (AvgIpc) is 3.06. The summed E-state index contributed by atoms with van der Waals surface area (Å²) in [6.07, 6.45) is 8.72. The minimum absolute atomic E-state index is 0.512. The molecule has 0 amide bonds. The zero-order chi connectivity index (χ0) is 21.8. The Balaban J connectivity index is 2.12. The summed E-state index contributed by atoms with van der Waals surface area (Å²) in [7, 11) is 0. The lowest BCUT2D eigenvalue weighted by Crippen LogP contribution is -2.17. The van der Waals surface area contributed by atoms with Crippen molar-refractivity contribution in [1.82, 2.24) is 9.88 Å². The summed E-state index contributed by atoms with van der Waals surface area (Å²) in [5, 5.41) is 1.72. The first-order valence-corrected chi connectivity index (χ1v) is 11.3. The van der Waals surface area contributed by atoms with E-state index in [1.165, 1.54) is 4.88 Å². The van der Waals surface area contributed by atoms with Gasteiger partial charge in [-0.05, 0) is 50.0 Å². The Kier molecular flexibility index (Phi) is 7.01. The van der Waals surface area contributed by atoms with Gasteiger partial charge in [0.1, 0.15) is 5.16 Å². The van der Waals surface area contributed by atoms with E-state index in [2.05, 4.69) is 51.3 Å². The van der Waals surface area contributed by atoms with Crippen molar-refractivity contribution in [3.63, 3.8) is 0 Å². The number of thiazole rings is 1. The predicted molar refractivity (Wildman–Crippen MR) is 131 cm³/mol. The van der Waals surface area contributed by atoms with Crippen LogP contribution in [-0.2, 0) is 0 Å². The van der Waals surface area contributed by atoms with E-state index in [0.29, 0.717) is 10.9 Å². The summed E-state index contributed by atoms with van der Waals surface area (Å²) in [5.41, 5.74) is 12.3. The Morgan fingerprint density at radius 2 is 2.00 bits per heavy atom. The quantitative estimate of drug-likeness (QED) is 0.463. The number of allylic oxidation sites excluding steroid dienone is 3. The van der Waals surface area contributed by atoms with Gasteiger partial charge in [0.25, 0.3) is 0 Å². The van der Waals surface area contributed by atoms with Gasteiger partial charge in [0, 0.05) is 33.6 Å². The van der Waals surface area contributed by atoms with E-state index >= 15 is 0 Å². The molecule has 2 aromatic rings. The van der Waals surface area contributed by atoms with Crippen LogP contribution in [0.5, 0.6) is 0 Å². The molecular weight excluding hydrogens is 410 g/mol. The van der Waals surface area contributed by atoms with Crippen molar-refractivity contribution in [3.8, 4) is 11.3 Å². The Morgan fingerprint density at radius 3 is 2.60 bits per heavy atom.